The van der Waals surface area contributed by atoms with Crippen molar-refractivity contribution in [2.75, 3.05) is 28.7 Å². The molecule has 0 radical (unpaired) electrons. The average molecular weight is 522 g/mol. The van der Waals surface area contributed by atoms with Gasteiger partial charge in [0.1, 0.15) is 5.75 Å². The lowest BCUT2D eigenvalue weighted by Gasteiger charge is -2.26. The van der Waals surface area contributed by atoms with E-state index in [-0.39, 0.29) is 5.75 Å². The van der Waals surface area contributed by atoms with Crippen molar-refractivity contribution >= 4 is 41.1 Å². The fraction of sp³-hybridized carbons (Fsp3) is 0.241. The van der Waals surface area contributed by atoms with Crippen LogP contribution in [-0.4, -0.2) is 39.4 Å². The fourth-order valence-electron chi connectivity index (χ4n) is 4.13. The van der Waals surface area contributed by atoms with Gasteiger partial charge in [-0.05, 0) is 86.7 Å². The number of hydrazone groups is 1. The van der Waals surface area contributed by atoms with Gasteiger partial charge in [0, 0.05) is 24.3 Å². The van der Waals surface area contributed by atoms with Crippen molar-refractivity contribution in [1.29, 1.82) is 0 Å². The van der Waals surface area contributed by atoms with Crippen LogP contribution in [0.5, 0.6) is 5.75 Å². The van der Waals surface area contributed by atoms with Crippen LogP contribution in [0.2, 0.25) is 0 Å². The minimum atomic E-state index is 0.0711. The molecule has 0 amide bonds. The molecule has 10 nitrogen and oxygen atoms in total. The number of para-hydroxylation sites is 1. The Hall–Kier alpha value is -4.86. The number of benzene rings is 3. The highest BCUT2D eigenvalue weighted by Crippen LogP contribution is 2.25. The summed E-state index contributed by atoms with van der Waals surface area (Å²) in [6.45, 7) is 5.89. The van der Waals surface area contributed by atoms with Gasteiger partial charge < -0.3 is 15.3 Å². The number of rotatable bonds is 8. The summed E-state index contributed by atoms with van der Waals surface area (Å²) < 4.78 is 0. The topological polar surface area (TPSA) is 123 Å². The van der Waals surface area contributed by atoms with Crippen molar-refractivity contribution in [2.45, 2.75) is 33.1 Å². The van der Waals surface area contributed by atoms with Crippen LogP contribution in [0.4, 0.5) is 34.9 Å². The number of aryl methyl sites for hydroxylation is 2. The van der Waals surface area contributed by atoms with E-state index in [1.54, 1.807) is 18.2 Å². The molecule has 1 aliphatic rings. The highest BCUT2D eigenvalue weighted by Gasteiger charge is 2.16. The van der Waals surface area contributed by atoms with Crippen LogP contribution in [0.15, 0.2) is 82.1 Å². The standard InChI is InChI=1S/C29H31N9O/c1-20-11-12-24(17-21(20)2)35-36-25-13-14-26(39)22(18-25)19-30-37-28-32-27(31-23-9-5-3-6-10-23)33-29(34-28)38-15-7-4-8-16-38/h3,5-6,9-14,17-19,39H,4,7-8,15-16H2,1-2H3,(H2,31,32,33,34,37)/b30-19-,36-35?. The molecule has 0 atom stereocenters. The Kier molecular flexibility index (Phi) is 8.01. The van der Waals surface area contributed by atoms with Crippen molar-refractivity contribution in [3.05, 3.63) is 83.4 Å². The monoisotopic (exact) mass is 521 g/mol. The van der Waals surface area contributed by atoms with Crippen molar-refractivity contribution in [3.63, 3.8) is 0 Å². The number of hydrogen-bond acceptors (Lipinski definition) is 10. The summed E-state index contributed by atoms with van der Waals surface area (Å²) in [4.78, 5) is 15.9. The number of aromatic nitrogens is 3. The lowest BCUT2D eigenvalue weighted by molar-refractivity contribution is 0.474. The van der Waals surface area contributed by atoms with E-state index in [2.05, 4.69) is 52.8 Å². The Morgan fingerprint density at radius 1 is 0.795 bits per heavy atom. The summed E-state index contributed by atoms with van der Waals surface area (Å²) in [5, 5.41) is 26.5. The highest BCUT2D eigenvalue weighted by atomic mass is 16.3. The van der Waals surface area contributed by atoms with Crippen LogP contribution in [-0.2, 0) is 0 Å². The van der Waals surface area contributed by atoms with Crippen LogP contribution < -0.4 is 15.6 Å². The second kappa shape index (κ2) is 12.1. The summed E-state index contributed by atoms with van der Waals surface area (Å²) in [5.41, 5.74) is 7.96. The number of azo groups is 1. The number of phenolic OH excluding ortho intramolecular Hbond substituents is 1. The maximum Gasteiger partial charge on any atom is 0.250 e. The van der Waals surface area contributed by atoms with Crippen molar-refractivity contribution in [1.82, 2.24) is 15.0 Å². The third-order valence-electron chi connectivity index (χ3n) is 6.44. The molecule has 0 saturated carbocycles. The van der Waals surface area contributed by atoms with Gasteiger partial charge in [-0.25, -0.2) is 5.43 Å². The third-order valence-corrected chi connectivity index (χ3v) is 6.44. The van der Waals surface area contributed by atoms with Crippen LogP contribution in [0.3, 0.4) is 0 Å². The molecular formula is C29H31N9O. The van der Waals surface area contributed by atoms with E-state index in [4.69, 9.17) is 0 Å². The van der Waals surface area contributed by atoms with E-state index in [1.165, 1.54) is 18.2 Å². The molecule has 0 aliphatic carbocycles. The zero-order valence-corrected chi connectivity index (χ0v) is 22.0. The average Bonchev–Trinajstić information content (AvgIpc) is 2.96. The minimum Gasteiger partial charge on any atom is -0.507 e. The Labute approximate surface area is 227 Å². The number of phenols is 1. The second-order valence-corrected chi connectivity index (χ2v) is 9.40. The summed E-state index contributed by atoms with van der Waals surface area (Å²) >= 11 is 0. The van der Waals surface area contributed by atoms with E-state index >= 15 is 0 Å². The van der Waals surface area contributed by atoms with Crippen LogP contribution in [0.1, 0.15) is 36.0 Å². The Morgan fingerprint density at radius 2 is 1.51 bits per heavy atom. The second-order valence-electron chi connectivity index (χ2n) is 9.40. The van der Waals surface area contributed by atoms with E-state index in [9.17, 15) is 5.11 Å². The van der Waals surface area contributed by atoms with Gasteiger partial charge in [-0.15, -0.1) is 0 Å². The third kappa shape index (κ3) is 6.92. The number of aromatic hydroxyl groups is 1. The number of nitrogens with zero attached hydrogens (tertiary/aromatic N) is 7. The first kappa shape index (κ1) is 25.8. The van der Waals surface area contributed by atoms with E-state index < -0.39 is 0 Å². The Balaban J connectivity index is 1.34. The molecule has 1 aliphatic heterocycles. The molecule has 4 aromatic rings. The molecule has 39 heavy (non-hydrogen) atoms. The molecule has 3 aromatic carbocycles. The molecule has 2 heterocycles. The molecule has 1 fully saturated rings. The smallest absolute Gasteiger partial charge is 0.250 e. The maximum absolute atomic E-state index is 10.4. The first-order valence-corrected chi connectivity index (χ1v) is 13.0. The van der Waals surface area contributed by atoms with Gasteiger partial charge in [0.25, 0.3) is 0 Å². The number of anilines is 4. The Morgan fingerprint density at radius 3 is 2.28 bits per heavy atom. The molecule has 10 heteroatoms. The number of hydrogen-bond donors (Lipinski definition) is 3. The fourth-order valence-corrected chi connectivity index (χ4v) is 4.13. The molecule has 0 unspecified atom stereocenters. The summed E-state index contributed by atoms with van der Waals surface area (Å²) in [6.07, 6.45) is 4.91. The number of nitrogens with one attached hydrogen (secondary N) is 2. The van der Waals surface area contributed by atoms with Gasteiger partial charge in [-0.1, -0.05) is 24.3 Å². The SMILES string of the molecule is Cc1ccc(N=Nc2ccc(O)c(/C=N\Nc3nc(Nc4ccccc4)nc(N4CCCCC4)n3)c2)cc1C. The molecule has 1 saturated heterocycles. The van der Waals surface area contributed by atoms with Crippen molar-refractivity contribution in [2.24, 2.45) is 15.3 Å². The van der Waals surface area contributed by atoms with Gasteiger partial charge in [-0.3, -0.25) is 0 Å². The maximum atomic E-state index is 10.4. The van der Waals surface area contributed by atoms with E-state index in [0.717, 1.165) is 42.9 Å². The molecule has 1 aromatic heterocycles. The van der Waals surface area contributed by atoms with Crippen LogP contribution in [0, 0.1) is 13.8 Å². The van der Waals surface area contributed by atoms with Crippen LogP contribution >= 0.6 is 0 Å². The molecule has 0 spiro atoms. The van der Waals surface area contributed by atoms with Crippen molar-refractivity contribution in [3.8, 4) is 5.75 Å². The molecule has 198 valence electrons. The van der Waals surface area contributed by atoms with Gasteiger partial charge in [0.15, 0.2) is 0 Å². The van der Waals surface area contributed by atoms with E-state index in [1.807, 2.05) is 55.5 Å². The van der Waals surface area contributed by atoms with Gasteiger partial charge >= 0.3 is 0 Å². The zero-order chi connectivity index (χ0) is 27.0. The van der Waals surface area contributed by atoms with Gasteiger partial charge in [-0.2, -0.15) is 30.3 Å². The van der Waals surface area contributed by atoms with Crippen LogP contribution in [0.25, 0.3) is 0 Å². The summed E-state index contributed by atoms with van der Waals surface area (Å²) in [6, 6.07) is 20.6. The predicted octanol–water partition coefficient (Wildman–Crippen LogP) is 6.79. The molecule has 5 rings (SSSR count). The highest BCUT2D eigenvalue weighted by molar-refractivity contribution is 5.85. The first-order chi connectivity index (χ1) is 19.0. The summed E-state index contributed by atoms with van der Waals surface area (Å²) in [5.74, 6) is 1.38. The van der Waals surface area contributed by atoms with Gasteiger partial charge in [0.05, 0.1) is 17.6 Å². The van der Waals surface area contributed by atoms with E-state index in [0.29, 0.717) is 29.1 Å². The molecule has 3 N–H and O–H groups in total. The molecule has 0 bridgehead atoms. The number of piperidine rings is 1. The lowest BCUT2D eigenvalue weighted by Crippen LogP contribution is -2.31. The summed E-state index contributed by atoms with van der Waals surface area (Å²) in [7, 11) is 0. The lowest BCUT2D eigenvalue weighted by atomic mass is 10.1. The van der Waals surface area contributed by atoms with Crippen molar-refractivity contribution < 1.29 is 5.11 Å². The largest absolute Gasteiger partial charge is 0.507 e. The predicted molar refractivity (Wildman–Crippen MR) is 155 cm³/mol. The minimum absolute atomic E-state index is 0.0711. The van der Waals surface area contributed by atoms with Gasteiger partial charge in [0.2, 0.25) is 17.8 Å². The first-order valence-electron chi connectivity index (χ1n) is 13.0. The zero-order valence-electron chi connectivity index (χ0n) is 22.0. The quantitative estimate of drug-likeness (QED) is 0.132. The molecular weight excluding hydrogens is 490 g/mol. The normalized spacial score (nSPS) is 13.7. The Bertz CT molecular complexity index is 1480.